The average Bonchev–Trinajstić information content (AvgIpc) is 2.74. The molecule has 0 saturated heterocycles. The smallest absolute Gasteiger partial charge is 0.354 e. The Bertz CT molecular complexity index is 505. The third-order valence-electron chi connectivity index (χ3n) is 2.20. The van der Waals surface area contributed by atoms with Gasteiger partial charge >= 0.3 is 5.97 Å². The minimum Gasteiger partial charge on any atom is -0.477 e. The number of carboxylic acid groups (broad SMARTS) is 1. The Kier molecular flexibility index (Phi) is 2.70. The summed E-state index contributed by atoms with van der Waals surface area (Å²) >= 11 is 0. The zero-order chi connectivity index (χ0) is 11.5. The molecular weight excluding hydrogens is 208 g/mol. The Morgan fingerprint density at radius 2 is 2.00 bits per heavy atom. The Morgan fingerprint density at radius 3 is 2.50 bits per heavy atom. The van der Waals surface area contributed by atoms with Gasteiger partial charge in [-0.3, -0.25) is 0 Å². The molecule has 0 aliphatic heterocycles. The van der Waals surface area contributed by atoms with Crippen LogP contribution in [0.15, 0.2) is 36.4 Å². The topological polar surface area (TPSA) is 75.3 Å². The highest BCUT2D eigenvalue weighted by atomic mass is 16.4. The molecule has 0 bridgehead atoms. The molecule has 0 unspecified atom stereocenters. The van der Waals surface area contributed by atoms with Gasteiger partial charge in [-0.05, 0) is 6.07 Å². The van der Waals surface area contributed by atoms with Gasteiger partial charge in [0.2, 0.25) is 0 Å². The van der Waals surface area contributed by atoms with Crippen LogP contribution in [0.4, 0.5) is 0 Å². The van der Waals surface area contributed by atoms with Crippen LogP contribution in [0.2, 0.25) is 0 Å². The van der Waals surface area contributed by atoms with Crippen molar-refractivity contribution in [2.24, 2.45) is 0 Å². The zero-order valence-electron chi connectivity index (χ0n) is 8.37. The maximum Gasteiger partial charge on any atom is 0.354 e. The van der Waals surface area contributed by atoms with E-state index in [4.69, 9.17) is 10.2 Å². The summed E-state index contributed by atoms with van der Waals surface area (Å²) in [5.41, 5.74) is 1.32. The molecule has 0 aliphatic carbocycles. The Morgan fingerprint density at radius 1 is 1.31 bits per heavy atom. The third-order valence-corrected chi connectivity index (χ3v) is 2.20. The first kappa shape index (κ1) is 10.4. The number of hydrogen-bond donors (Lipinski definition) is 2. The Balaban J connectivity index is 2.48. The summed E-state index contributed by atoms with van der Waals surface area (Å²) in [6.45, 7) is -0.450. The zero-order valence-corrected chi connectivity index (χ0v) is 8.37. The predicted molar refractivity (Wildman–Crippen MR) is 56.8 cm³/mol. The molecule has 0 atom stereocenters. The molecule has 0 fully saturated rings. The highest BCUT2D eigenvalue weighted by Gasteiger charge is 2.14. The molecule has 1 aromatic heterocycles. The standard InChI is InChI=1S/C11H10N2O3/c14-7-13-10(11(15)16)6-9(12-13)8-4-2-1-3-5-8/h1-6,14H,7H2,(H,15,16). The molecule has 2 rings (SSSR count). The molecule has 0 aliphatic rings. The van der Waals surface area contributed by atoms with Gasteiger partial charge in [-0.25, -0.2) is 9.48 Å². The van der Waals surface area contributed by atoms with Crippen LogP contribution in [0.5, 0.6) is 0 Å². The first-order valence-corrected chi connectivity index (χ1v) is 4.70. The summed E-state index contributed by atoms with van der Waals surface area (Å²) in [5.74, 6) is -1.11. The fourth-order valence-corrected chi connectivity index (χ4v) is 1.45. The number of hydrogen-bond acceptors (Lipinski definition) is 3. The van der Waals surface area contributed by atoms with Gasteiger partial charge in [0.15, 0.2) is 0 Å². The van der Waals surface area contributed by atoms with Crippen molar-refractivity contribution in [3.63, 3.8) is 0 Å². The van der Waals surface area contributed by atoms with Gasteiger partial charge < -0.3 is 10.2 Å². The Hall–Kier alpha value is -2.14. The molecule has 0 spiro atoms. The minimum atomic E-state index is -1.11. The van der Waals surface area contributed by atoms with Crippen LogP contribution < -0.4 is 0 Å². The van der Waals surface area contributed by atoms with Crippen LogP contribution in [0.1, 0.15) is 10.5 Å². The number of nitrogens with zero attached hydrogens (tertiary/aromatic N) is 2. The van der Waals surface area contributed by atoms with E-state index >= 15 is 0 Å². The first-order valence-electron chi connectivity index (χ1n) is 4.70. The molecule has 2 aromatic rings. The highest BCUT2D eigenvalue weighted by Crippen LogP contribution is 2.18. The Labute approximate surface area is 91.6 Å². The number of aliphatic hydroxyl groups is 1. The SMILES string of the molecule is O=C(O)c1cc(-c2ccccc2)nn1CO. The van der Waals surface area contributed by atoms with Gasteiger partial charge in [-0.1, -0.05) is 30.3 Å². The lowest BCUT2D eigenvalue weighted by atomic mass is 10.1. The van der Waals surface area contributed by atoms with Crippen molar-refractivity contribution in [1.82, 2.24) is 9.78 Å². The molecular formula is C11H10N2O3. The van der Waals surface area contributed by atoms with E-state index in [0.717, 1.165) is 10.2 Å². The van der Waals surface area contributed by atoms with Crippen LogP contribution in [0, 0.1) is 0 Å². The molecule has 0 saturated carbocycles. The molecule has 0 amide bonds. The molecule has 82 valence electrons. The molecule has 1 aromatic carbocycles. The van der Waals surface area contributed by atoms with E-state index in [0.29, 0.717) is 5.69 Å². The summed E-state index contributed by atoms with van der Waals surface area (Å²) in [5, 5.41) is 21.9. The van der Waals surface area contributed by atoms with Crippen molar-refractivity contribution in [3.05, 3.63) is 42.1 Å². The van der Waals surface area contributed by atoms with Crippen molar-refractivity contribution in [1.29, 1.82) is 0 Å². The highest BCUT2D eigenvalue weighted by molar-refractivity contribution is 5.87. The van der Waals surface area contributed by atoms with Crippen LogP contribution in [-0.2, 0) is 6.73 Å². The van der Waals surface area contributed by atoms with Gasteiger partial charge in [0.1, 0.15) is 12.4 Å². The van der Waals surface area contributed by atoms with Crippen molar-refractivity contribution < 1.29 is 15.0 Å². The largest absolute Gasteiger partial charge is 0.477 e. The fraction of sp³-hybridized carbons (Fsp3) is 0.0909. The maximum atomic E-state index is 10.9. The van der Waals surface area contributed by atoms with Crippen LogP contribution >= 0.6 is 0 Å². The maximum absolute atomic E-state index is 10.9. The minimum absolute atomic E-state index is 0.0265. The third kappa shape index (κ3) is 1.80. The van der Waals surface area contributed by atoms with Crippen LogP contribution in [0.3, 0.4) is 0 Å². The molecule has 1 heterocycles. The van der Waals surface area contributed by atoms with Crippen molar-refractivity contribution in [2.75, 3.05) is 0 Å². The lowest BCUT2D eigenvalue weighted by Gasteiger charge is -1.97. The summed E-state index contributed by atoms with van der Waals surface area (Å²) in [7, 11) is 0. The van der Waals surface area contributed by atoms with Crippen LogP contribution in [0.25, 0.3) is 11.3 Å². The van der Waals surface area contributed by atoms with Gasteiger partial charge in [0.05, 0.1) is 5.69 Å². The lowest BCUT2D eigenvalue weighted by molar-refractivity contribution is 0.0668. The number of benzene rings is 1. The summed E-state index contributed by atoms with van der Waals surface area (Å²) in [4.78, 5) is 10.9. The number of aromatic nitrogens is 2. The van der Waals surface area contributed by atoms with E-state index < -0.39 is 12.7 Å². The molecule has 16 heavy (non-hydrogen) atoms. The summed E-state index contributed by atoms with van der Waals surface area (Å²) < 4.78 is 1.05. The van der Waals surface area contributed by atoms with Crippen molar-refractivity contribution >= 4 is 5.97 Å². The van der Waals surface area contributed by atoms with Crippen LogP contribution in [-0.4, -0.2) is 26.0 Å². The lowest BCUT2D eigenvalue weighted by Crippen LogP contribution is -2.09. The van der Waals surface area contributed by atoms with E-state index in [-0.39, 0.29) is 5.69 Å². The number of rotatable bonds is 3. The fourth-order valence-electron chi connectivity index (χ4n) is 1.45. The monoisotopic (exact) mass is 218 g/mol. The quantitative estimate of drug-likeness (QED) is 0.811. The summed E-state index contributed by atoms with van der Waals surface area (Å²) in [6.07, 6.45) is 0. The molecule has 5 nitrogen and oxygen atoms in total. The van der Waals surface area contributed by atoms with E-state index in [1.54, 1.807) is 0 Å². The van der Waals surface area contributed by atoms with E-state index in [9.17, 15) is 4.79 Å². The molecule has 0 radical (unpaired) electrons. The second-order valence-corrected chi connectivity index (χ2v) is 3.23. The van der Waals surface area contributed by atoms with E-state index in [1.165, 1.54) is 6.07 Å². The predicted octanol–water partition coefficient (Wildman–Crippen LogP) is 1.20. The van der Waals surface area contributed by atoms with Gasteiger partial charge in [0, 0.05) is 5.56 Å². The summed E-state index contributed by atoms with van der Waals surface area (Å²) in [6, 6.07) is 10.6. The van der Waals surface area contributed by atoms with Gasteiger partial charge in [-0.15, -0.1) is 0 Å². The normalized spacial score (nSPS) is 10.3. The molecule has 2 N–H and O–H groups in total. The van der Waals surface area contributed by atoms with E-state index in [2.05, 4.69) is 5.10 Å². The second kappa shape index (κ2) is 4.16. The van der Waals surface area contributed by atoms with Crippen molar-refractivity contribution in [2.45, 2.75) is 6.73 Å². The van der Waals surface area contributed by atoms with Gasteiger partial charge in [-0.2, -0.15) is 5.10 Å². The van der Waals surface area contributed by atoms with E-state index in [1.807, 2.05) is 30.3 Å². The number of aromatic carboxylic acids is 1. The first-order chi connectivity index (χ1) is 7.72. The second-order valence-electron chi connectivity index (χ2n) is 3.23. The number of carboxylic acids is 1. The number of carbonyl (C=O) groups is 1. The van der Waals surface area contributed by atoms with Crippen molar-refractivity contribution in [3.8, 4) is 11.3 Å². The van der Waals surface area contributed by atoms with Gasteiger partial charge in [0.25, 0.3) is 0 Å². The number of aliphatic hydroxyl groups excluding tert-OH is 1. The molecule has 5 heteroatoms. The average molecular weight is 218 g/mol.